The maximum absolute atomic E-state index is 6.05. The van der Waals surface area contributed by atoms with Crippen molar-refractivity contribution in [3.05, 3.63) is 72.8 Å². The molecule has 0 fully saturated rings. The molecule has 2 nitrogen and oxygen atoms in total. The predicted molar refractivity (Wildman–Crippen MR) is 86.1 cm³/mol. The Balaban J connectivity index is 2.09. The second-order valence-corrected chi connectivity index (χ2v) is 4.79. The van der Waals surface area contributed by atoms with E-state index in [1.807, 2.05) is 48.5 Å². The van der Waals surface area contributed by atoms with Crippen LogP contribution in [0.1, 0.15) is 0 Å². The van der Waals surface area contributed by atoms with E-state index in [2.05, 4.69) is 24.3 Å². The first-order valence-electron chi connectivity index (χ1n) is 6.55. The minimum absolute atomic E-state index is 0.770. The molecular formula is C18H16N2. The molecule has 0 aliphatic rings. The van der Waals surface area contributed by atoms with Gasteiger partial charge in [0.2, 0.25) is 0 Å². The lowest BCUT2D eigenvalue weighted by Crippen LogP contribution is -1.90. The van der Waals surface area contributed by atoms with Crippen molar-refractivity contribution in [2.24, 2.45) is 0 Å². The Morgan fingerprint density at radius 2 is 1.20 bits per heavy atom. The summed E-state index contributed by atoms with van der Waals surface area (Å²) in [5, 5.41) is 0. The predicted octanol–water partition coefficient (Wildman–Crippen LogP) is 4.19. The summed E-state index contributed by atoms with van der Waals surface area (Å²) in [4.78, 5) is 0. The first-order chi connectivity index (χ1) is 9.74. The van der Waals surface area contributed by atoms with Crippen LogP contribution in [0.2, 0.25) is 0 Å². The number of nitrogens with two attached hydrogens (primary N) is 2. The quantitative estimate of drug-likeness (QED) is 0.679. The fraction of sp³-hybridized carbons (Fsp3) is 0. The zero-order valence-electron chi connectivity index (χ0n) is 11.1. The average Bonchev–Trinajstić information content (AvgIpc) is 2.48. The molecule has 3 aromatic carbocycles. The van der Waals surface area contributed by atoms with Gasteiger partial charge in [0, 0.05) is 16.9 Å². The summed E-state index contributed by atoms with van der Waals surface area (Å²) < 4.78 is 0. The summed E-state index contributed by atoms with van der Waals surface area (Å²) in [6.45, 7) is 0. The SMILES string of the molecule is Nc1cccc(-c2cccc(-c3ccccc3N)c2)c1. The van der Waals surface area contributed by atoms with Crippen LogP contribution in [-0.2, 0) is 0 Å². The highest BCUT2D eigenvalue weighted by Gasteiger charge is 2.04. The van der Waals surface area contributed by atoms with Crippen LogP contribution in [0.3, 0.4) is 0 Å². The standard InChI is InChI=1S/C18H16N2/c19-16-8-4-6-14(12-16)13-5-3-7-15(11-13)17-9-1-2-10-18(17)20/h1-12H,19-20H2. The van der Waals surface area contributed by atoms with Gasteiger partial charge < -0.3 is 11.5 Å². The minimum Gasteiger partial charge on any atom is -0.399 e. The van der Waals surface area contributed by atoms with Crippen molar-refractivity contribution in [2.45, 2.75) is 0 Å². The van der Waals surface area contributed by atoms with Crippen LogP contribution in [0.25, 0.3) is 22.3 Å². The maximum atomic E-state index is 6.05. The molecule has 0 aliphatic carbocycles. The molecule has 0 saturated heterocycles. The third kappa shape index (κ3) is 2.36. The number of nitrogen functional groups attached to an aromatic ring is 2. The summed E-state index contributed by atoms with van der Waals surface area (Å²) in [7, 11) is 0. The zero-order valence-corrected chi connectivity index (χ0v) is 11.1. The zero-order chi connectivity index (χ0) is 13.9. The molecule has 2 heteroatoms. The van der Waals surface area contributed by atoms with Crippen molar-refractivity contribution in [3.63, 3.8) is 0 Å². The lowest BCUT2D eigenvalue weighted by molar-refractivity contribution is 1.58. The Morgan fingerprint density at radius 3 is 1.95 bits per heavy atom. The lowest BCUT2D eigenvalue weighted by Gasteiger charge is -2.08. The van der Waals surface area contributed by atoms with Gasteiger partial charge in [-0.2, -0.15) is 0 Å². The third-order valence-corrected chi connectivity index (χ3v) is 3.35. The van der Waals surface area contributed by atoms with Crippen LogP contribution in [-0.4, -0.2) is 0 Å². The molecule has 98 valence electrons. The van der Waals surface area contributed by atoms with Crippen LogP contribution in [0, 0.1) is 0 Å². The van der Waals surface area contributed by atoms with Crippen molar-refractivity contribution in [1.82, 2.24) is 0 Å². The average molecular weight is 260 g/mol. The summed E-state index contributed by atoms with van der Waals surface area (Å²) in [6.07, 6.45) is 0. The van der Waals surface area contributed by atoms with E-state index in [4.69, 9.17) is 11.5 Å². The molecule has 3 aromatic rings. The number of hydrogen-bond donors (Lipinski definition) is 2. The number of para-hydroxylation sites is 1. The number of anilines is 2. The largest absolute Gasteiger partial charge is 0.399 e. The van der Waals surface area contributed by atoms with Gasteiger partial charge >= 0.3 is 0 Å². The molecule has 3 rings (SSSR count). The van der Waals surface area contributed by atoms with Gasteiger partial charge in [-0.05, 0) is 41.0 Å². The highest BCUT2D eigenvalue weighted by molar-refractivity contribution is 5.80. The molecular weight excluding hydrogens is 244 g/mol. The van der Waals surface area contributed by atoms with Gasteiger partial charge in [0.05, 0.1) is 0 Å². The number of hydrogen-bond acceptors (Lipinski definition) is 2. The first kappa shape index (κ1) is 12.3. The van der Waals surface area contributed by atoms with Crippen molar-refractivity contribution in [2.75, 3.05) is 11.5 Å². The summed E-state index contributed by atoms with van der Waals surface area (Å²) in [5.41, 5.74) is 17.9. The molecule has 0 bridgehead atoms. The Hall–Kier alpha value is -2.74. The molecule has 0 radical (unpaired) electrons. The van der Waals surface area contributed by atoms with Crippen molar-refractivity contribution in [1.29, 1.82) is 0 Å². The monoisotopic (exact) mass is 260 g/mol. The van der Waals surface area contributed by atoms with Gasteiger partial charge in [0.25, 0.3) is 0 Å². The van der Waals surface area contributed by atoms with E-state index in [9.17, 15) is 0 Å². The van der Waals surface area contributed by atoms with E-state index < -0.39 is 0 Å². The van der Waals surface area contributed by atoms with Gasteiger partial charge in [0.15, 0.2) is 0 Å². The molecule has 0 heterocycles. The maximum Gasteiger partial charge on any atom is 0.0393 e. The molecule has 0 amide bonds. The van der Waals surface area contributed by atoms with Crippen molar-refractivity contribution < 1.29 is 0 Å². The second-order valence-electron chi connectivity index (χ2n) is 4.79. The van der Waals surface area contributed by atoms with Crippen molar-refractivity contribution >= 4 is 11.4 Å². The second kappa shape index (κ2) is 5.10. The van der Waals surface area contributed by atoms with Gasteiger partial charge in [-0.25, -0.2) is 0 Å². The van der Waals surface area contributed by atoms with E-state index in [0.29, 0.717) is 0 Å². The molecule has 0 aromatic heterocycles. The molecule has 20 heavy (non-hydrogen) atoms. The topological polar surface area (TPSA) is 52.0 Å². The first-order valence-corrected chi connectivity index (χ1v) is 6.55. The third-order valence-electron chi connectivity index (χ3n) is 3.35. The molecule has 0 unspecified atom stereocenters. The van der Waals surface area contributed by atoms with Gasteiger partial charge in [-0.15, -0.1) is 0 Å². The minimum atomic E-state index is 0.770. The van der Waals surface area contributed by atoms with E-state index in [0.717, 1.165) is 33.6 Å². The van der Waals surface area contributed by atoms with Gasteiger partial charge in [-0.3, -0.25) is 0 Å². The van der Waals surface area contributed by atoms with E-state index in [-0.39, 0.29) is 0 Å². The van der Waals surface area contributed by atoms with E-state index in [1.165, 1.54) is 0 Å². The van der Waals surface area contributed by atoms with Crippen LogP contribution in [0.15, 0.2) is 72.8 Å². The normalized spacial score (nSPS) is 10.4. The van der Waals surface area contributed by atoms with Crippen LogP contribution in [0.4, 0.5) is 11.4 Å². The molecule has 0 saturated carbocycles. The number of benzene rings is 3. The van der Waals surface area contributed by atoms with Crippen LogP contribution in [0.5, 0.6) is 0 Å². The summed E-state index contributed by atoms with van der Waals surface area (Å²) in [5.74, 6) is 0. The highest BCUT2D eigenvalue weighted by atomic mass is 14.6. The summed E-state index contributed by atoms with van der Waals surface area (Å²) >= 11 is 0. The highest BCUT2D eigenvalue weighted by Crippen LogP contribution is 2.30. The Morgan fingerprint density at radius 1 is 0.550 bits per heavy atom. The molecule has 0 spiro atoms. The van der Waals surface area contributed by atoms with E-state index >= 15 is 0 Å². The molecule has 0 aliphatic heterocycles. The smallest absolute Gasteiger partial charge is 0.0393 e. The fourth-order valence-electron chi connectivity index (χ4n) is 2.34. The van der Waals surface area contributed by atoms with Gasteiger partial charge in [-0.1, -0.05) is 48.5 Å². The van der Waals surface area contributed by atoms with Crippen molar-refractivity contribution in [3.8, 4) is 22.3 Å². The summed E-state index contributed by atoms with van der Waals surface area (Å²) in [6, 6.07) is 24.1. The van der Waals surface area contributed by atoms with Crippen LogP contribution < -0.4 is 11.5 Å². The Labute approximate surface area is 118 Å². The van der Waals surface area contributed by atoms with Crippen LogP contribution >= 0.6 is 0 Å². The molecule has 0 atom stereocenters. The fourth-order valence-corrected chi connectivity index (χ4v) is 2.34. The Kier molecular flexibility index (Phi) is 3.13. The molecule has 4 N–H and O–H groups in total. The Bertz CT molecular complexity index is 748. The number of rotatable bonds is 2. The van der Waals surface area contributed by atoms with Gasteiger partial charge in [0.1, 0.15) is 0 Å². The van der Waals surface area contributed by atoms with E-state index in [1.54, 1.807) is 0 Å². The lowest BCUT2D eigenvalue weighted by atomic mass is 9.98.